The van der Waals surface area contributed by atoms with Gasteiger partial charge in [-0.2, -0.15) is 0 Å². The van der Waals surface area contributed by atoms with Crippen molar-refractivity contribution in [2.45, 2.75) is 38.8 Å². The zero-order chi connectivity index (χ0) is 19.7. The number of carbonyl (C=O) groups excluding carboxylic acids is 2. The third-order valence-corrected chi connectivity index (χ3v) is 5.34. The monoisotopic (exact) mass is 379 g/mol. The molecule has 28 heavy (non-hydrogen) atoms. The van der Waals surface area contributed by atoms with E-state index in [1.54, 1.807) is 9.80 Å². The van der Waals surface area contributed by atoms with Gasteiger partial charge in [-0.15, -0.1) is 0 Å². The molecule has 0 radical (unpaired) electrons. The number of amides is 3. The lowest BCUT2D eigenvalue weighted by Gasteiger charge is -2.25. The Morgan fingerprint density at radius 1 is 1.14 bits per heavy atom. The van der Waals surface area contributed by atoms with Crippen LogP contribution in [-0.2, 0) is 11.2 Å². The number of rotatable bonds is 4. The first-order chi connectivity index (χ1) is 13.6. The van der Waals surface area contributed by atoms with E-state index in [0.717, 1.165) is 23.5 Å². The van der Waals surface area contributed by atoms with Crippen LogP contribution in [0.25, 0.3) is 0 Å². The summed E-state index contributed by atoms with van der Waals surface area (Å²) in [6.07, 6.45) is 1.16. The maximum atomic E-state index is 12.9. The molecule has 0 spiro atoms. The van der Waals surface area contributed by atoms with Gasteiger partial charge in [-0.3, -0.25) is 9.69 Å². The summed E-state index contributed by atoms with van der Waals surface area (Å²) < 4.78 is 5.45. The molecule has 2 aromatic rings. The lowest BCUT2D eigenvalue weighted by atomic mass is 10.1. The Morgan fingerprint density at radius 3 is 2.64 bits per heavy atom. The molecule has 2 aliphatic heterocycles. The van der Waals surface area contributed by atoms with Crippen molar-refractivity contribution in [1.82, 2.24) is 5.32 Å². The minimum atomic E-state index is -0.202. The van der Waals surface area contributed by atoms with E-state index in [0.29, 0.717) is 19.6 Å². The van der Waals surface area contributed by atoms with Gasteiger partial charge in [0, 0.05) is 30.4 Å². The lowest BCUT2D eigenvalue weighted by molar-refractivity contribution is -0.117. The quantitative estimate of drug-likeness (QED) is 0.886. The van der Waals surface area contributed by atoms with Crippen molar-refractivity contribution in [3.63, 3.8) is 0 Å². The van der Waals surface area contributed by atoms with E-state index in [4.69, 9.17) is 4.74 Å². The van der Waals surface area contributed by atoms with Gasteiger partial charge >= 0.3 is 6.03 Å². The summed E-state index contributed by atoms with van der Waals surface area (Å²) in [5.41, 5.74) is 2.97. The van der Waals surface area contributed by atoms with E-state index in [1.807, 2.05) is 56.3 Å². The predicted octanol–water partition coefficient (Wildman–Crippen LogP) is 3.35. The molecule has 0 aliphatic carbocycles. The maximum Gasteiger partial charge on any atom is 0.322 e. The number of anilines is 2. The molecule has 1 fully saturated rings. The summed E-state index contributed by atoms with van der Waals surface area (Å²) in [5.74, 6) is 0.800. The topological polar surface area (TPSA) is 61.9 Å². The summed E-state index contributed by atoms with van der Waals surface area (Å²) in [6.45, 7) is 5.06. The summed E-state index contributed by atoms with van der Waals surface area (Å²) in [6, 6.07) is 15.2. The van der Waals surface area contributed by atoms with Crippen molar-refractivity contribution in [2.75, 3.05) is 23.0 Å². The third kappa shape index (κ3) is 3.42. The Hall–Kier alpha value is -3.02. The number of nitrogens with one attached hydrogen (secondary N) is 1. The molecule has 1 saturated heterocycles. The molecule has 3 amide bonds. The molecule has 6 heteroatoms. The fraction of sp³-hybridized carbons (Fsp3) is 0.364. The molecule has 2 unspecified atom stereocenters. The fourth-order valence-electron chi connectivity index (χ4n) is 4.06. The van der Waals surface area contributed by atoms with Crippen molar-refractivity contribution in [1.29, 1.82) is 0 Å². The number of ether oxygens (including phenoxy) is 1. The smallest absolute Gasteiger partial charge is 0.322 e. The summed E-state index contributed by atoms with van der Waals surface area (Å²) in [5, 5.41) is 3.05. The average Bonchev–Trinajstić information content (AvgIpc) is 3.21. The van der Waals surface area contributed by atoms with Crippen LogP contribution in [-0.4, -0.2) is 37.2 Å². The van der Waals surface area contributed by atoms with Crippen LogP contribution in [0.1, 0.15) is 25.8 Å². The van der Waals surface area contributed by atoms with Crippen LogP contribution in [0.4, 0.5) is 16.2 Å². The van der Waals surface area contributed by atoms with E-state index in [2.05, 4.69) is 11.4 Å². The highest BCUT2D eigenvalue weighted by atomic mass is 16.5. The second-order valence-electron chi connectivity index (χ2n) is 7.33. The first kappa shape index (κ1) is 18.3. The predicted molar refractivity (Wildman–Crippen MR) is 109 cm³/mol. The number of carbonyl (C=O) groups is 2. The zero-order valence-electron chi connectivity index (χ0n) is 16.2. The average molecular weight is 379 g/mol. The van der Waals surface area contributed by atoms with Gasteiger partial charge in [-0.05, 0) is 56.2 Å². The molecule has 2 heterocycles. The molecule has 6 nitrogen and oxygen atoms in total. The van der Waals surface area contributed by atoms with Crippen LogP contribution in [0.15, 0.2) is 48.5 Å². The number of hydrogen-bond acceptors (Lipinski definition) is 3. The Balaban J connectivity index is 1.42. The van der Waals surface area contributed by atoms with Crippen LogP contribution in [0, 0.1) is 0 Å². The number of hydrogen-bond donors (Lipinski definition) is 1. The molecular formula is C22H25N3O3. The molecule has 0 bridgehead atoms. The minimum Gasteiger partial charge on any atom is -0.494 e. The number of urea groups is 1. The van der Waals surface area contributed by atoms with Gasteiger partial charge < -0.3 is 15.0 Å². The molecule has 146 valence electrons. The number of para-hydroxylation sites is 1. The van der Waals surface area contributed by atoms with Crippen LogP contribution in [0.2, 0.25) is 0 Å². The molecule has 1 N–H and O–H groups in total. The summed E-state index contributed by atoms with van der Waals surface area (Å²) in [7, 11) is 0. The van der Waals surface area contributed by atoms with Gasteiger partial charge in [-0.1, -0.05) is 18.2 Å². The van der Waals surface area contributed by atoms with Crippen LogP contribution < -0.4 is 19.9 Å². The summed E-state index contributed by atoms with van der Waals surface area (Å²) in [4.78, 5) is 28.9. The highest BCUT2D eigenvalue weighted by molar-refractivity contribution is 5.99. The largest absolute Gasteiger partial charge is 0.494 e. The molecule has 2 aromatic carbocycles. The van der Waals surface area contributed by atoms with Gasteiger partial charge in [-0.25, -0.2) is 4.79 Å². The van der Waals surface area contributed by atoms with Gasteiger partial charge in [0.15, 0.2) is 0 Å². The van der Waals surface area contributed by atoms with E-state index in [9.17, 15) is 9.59 Å². The Labute approximate surface area is 165 Å². The van der Waals surface area contributed by atoms with Gasteiger partial charge in [0.25, 0.3) is 0 Å². The van der Waals surface area contributed by atoms with Crippen molar-refractivity contribution < 1.29 is 14.3 Å². The van der Waals surface area contributed by atoms with Crippen molar-refractivity contribution in [3.05, 3.63) is 54.1 Å². The molecular weight excluding hydrogens is 354 g/mol. The fourth-order valence-corrected chi connectivity index (χ4v) is 4.06. The van der Waals surface area contributed by atoms with Crippen molar-refractivity contribution >= 4 is 23.3 Å². The standard InChI is InChI=1S/C22H25N3O3/c1-3-28-19-10-8-18(9-11-19)24-14-17(13-21(24)26)23-22(27)25-15(2)12-16-6-4-5-7-20(16)25/h4-11,15,17H,3,12-14H2,1-2H3,(H,23,27). The number of fused-ring (bicyclic) bond motifs is 1. The van der Waals surface area contributed by atoms with E-state index in [1.165, 1.54) is 5.56 Å². The van der Waals surface area contributed by atoms with Gasteiger partial charge in [0.1, 0.15) is 5.75 Å². The second-order valence-corrected chi connectivity index (χ2v) is 7.33. The highest BCUT2D eigenvalue weighted by Gasteiger charge is 2.35. The summed E-state index contributed by atoms with van der Waals surface area (Å²) >= 11 is 0. The molecule has 2 aliphatic rings. The zero-order valence-corrected chi connectivity index (χ0v) is 16.2. The number of nitrogens with zero attached hydrogens (tertiary/aromatic N) is 2. The molecule has 4 rings (SSSR count). The molecule has 0 saturated carbocycles. The Kier molecular flexibility index (Phi) is 4.94. The highest BCUT2D eigenvalue weighted by Crippen LogP contribution is 2.32. The van der Waals surface area contributed by atoms with E-state index >= 15 is 0 Å². The first-order valence-electron chi connectivity index (χ1n) is 9.77. The Bertz CT molecular complexity index is 881. The maximum absolute atomic E-state index is 12.9. The first-order valence-corrected chi connectivity index (χ1v) is 9.77. The molecule has 2 atom stereocenters. The van der Waals surface area contributed by atoms with E-state index in [-0.39, 0.29) is 24.0 Å². The van der Waals surface area contributed by atoms with Crippen molar-refractivity contribution in [3.8, 4) is 5.75 Å². The van der Waals surface area contributed by atoms with Crippen LogP contribution in [0.5, 0.6) is 5.75 Å². The number of benzene rings is 2. The van der Waals surface area contributed by atoms with Crippen molar-refractivity contribution in [2.24, 2.45) is 0 Å². The normalized spacial score (nSPS) is 21.0. The van der Waals surface area contributed by atoms with Gasteiger partial charge in [0.05, 0.1) is 12.6 Å². The third-order valence-electron chi connectivity index (χ3n) is 5.34. The lowest BCUT2D eigenvalue weighted by Crippen LogP contribution is -2.48. The second kappa shape index (κ2) is 7.54. The minimum absolute atomic E-state index is 0.0179. The Morgan fingerprint density at radius 2 is 1.89 bits per heavy atom. The van der Waals surface area contributed by atoms with Crippen LogP contribution >= 0.6 is 0 Å². The SMILES string of the molecule is CCOc1ccc(N2CC(NC(=O)N3c4ccccc4CC3C)CC2=O)cc1. The molecule has 0 aromatic heterocycles. The van der Waals surface area contributed by atoms with Gasteiger partial charge in [0.2, 0.25) is 5.91 Å². The van der Waals surface area contributed by atoms with Crippen LogP contribution in [0.3, 0.4) is 0 Å². The van der Waals surface area contributed by atoms with E-state index < -0.39 is 0 Å².